The van der Waals surface area contributed by atoms with E-state index < -0.39 is 11.0 Å². The van der Waals surface area contributed by atoms with Crippen LogP contribution in [0.25, 0.3) is 10.9 Å². The minimum absolute atomic E-state index is 0.0158. The van der Waals surface area contributed by atoms with Gasteiger partial charge in [-0.05, 0) is 25.5 Å². The van der Waals surface area contributed by atoms with Crippen molar-refractivity contribution in [2.24, 2.45) is 0 Å². The number of H-pyrrole nitrogens is 1. The molecule has 2 heterocycles. The lowest BCUT2D eigenvalue weighted by molar-refractivity contribution is -0.384. The van der Waals surface area contributed by atoms with E-state index >= 15 is 0 Å². The molecule has 1 saturated heterocycles. The second-order valence-electron chi connectivity index (χ2n) is 5.23. The molecule has 6 heteroatoms. The quantitative estimate of drug-likeness (QED) is 0.592. The van der Waals surface area contributed by atoms with Gasteiger partial charge in [0, 0.05) is 40.8 Å². The van der Waals surface area contributed by atoms with Gasteiger partial charge in [0.25, 0.3) is 5.69 Å². The second kappa shape index (κ2) is 5.22. The number of aromatic nitrogens is 1. The van der Waals surface area contributed by atoms with Crippen molar-refractivity contribution in [3.63, 3.8) is 0 Å². The third-order valence-electron chi connectivity index (χ3n) is 3.96. The smallest absolute Gasteiger partial charge is 0.270 e. The molecule has 1 aliphatic rings. The largest absolute Gasteiger partial charge is 0.387 e. The number of nitro benzene ring substituents is 1. The van der Waals surface area contributed by atoms with Gasteiger partial charge in [0.05, 0.1) is 11.0 Å². The zero-order chi connectivity index (χ0) is 14.1. The van der Waals surface area contributed by atoms with Crippen molar-refractivity contribution in [3.8, 4) is 0 Å². The van der Waals surface area contributed by atoms with Crippen molar-refractivity contribution in [2.75, 3.05) is 6.54 Å². The number of piperidine rings is 1. The number of nitro groups is 1. The Morgan fingerprint density at radius 3 is 2.95 bits per heavy atom. The van der Waals surface area contributed by atoms with Gasteiger partial charge in [-0.3, -0.25) is 10.1 Å². The van der Waals surface area contributed by atoms with E-state index in [1.165, 1.54) is 12.1 Å². The molecule has 1 aromatic heterocycles. The summed E-state index contributed by atoms with van der Waals surface area (Å²) >= 11 is 0. The molecule has 1 aliphatic heterocycles. The summed E-state index contributed by atoms with van der Waals surface area (Å²) in [6.45, 7) is 0.907. The zero-order valence-corrected chi connectivity index (χ0v) is 11.0. The molecule has 0 bridgehead atoms. The highest BCUT2D eigenvalue weighted by Crippen LogP contribution is 2.31. The topological polar surface area (TPSA) is 91.2 Å². The maximum absolute atomic E-state index is 10.9. The van der Waals surface area contributed by atoms with Crippen LogP contribution in [-0.2, 0) is 0 Å². The first-order valence-corrected chi connectivity index (χ1v) is 6.83. The molecule has 2 atom stereocenters. The van der Waals surface area contributed by atoms with Crippen LogP contribution in [0.4, 0.5) is 5.69 Å². The summed E-state index contributed by atoms with van der Waals surface area (Å²) in [5.41, 5.74) is 1.57. The van der Waals surface area contributed by atoms with E-state index in [0.717, 1.165) is 42.3 Å². The SMILES string of the molecule is O=[N+]([O-])c1ccc2[nH]cc(C(O)C3CCCCN3)c2c1. The predicted molar refractivity (Wildman–Crippen MR) is 75.6 cm³/mol. The fourth-order valence-corrected chi connectivity index (χ4v) is 2.85. The normalized spacial score (nSPS) is 20.9. The summed E-state index contributed by atoms with van der Waals surface area (Å²) in [7, 11) is 0. The van der Waals surface area contributed by atoms with Crippen LogP contribution in [0, 0.1) is 10.1 Å². The minimum atomic E-state index is -0.647. The molecule has 20 heavy (non-hydrogen) atoms. The average molecular weight is 275 g/mol. The number of aliphatic hydroxyl groups is 1. The number of hydrogen-bond acceptors (Lipinski definition) is 4. The van der Waals surface area contributed by atoms with Crippen LogP contribution in [0.1, 0.15) is 30.9 Å². The minimum Gasteiger partial charge on any atom is -0.387 e. The lowest BCUT2D eigenvalue weighted by atomic mass is 9.94. The molecule has 2 unspecified atom stereocenters. The van der Waals surface area contributed by atoms with Crippen LogP contribution in [0.5, 0.6) is 0 Å². The highest BCUT2D eigenvalue weighted by Gasteiger charge is 2.25. The third kappa shape index (κ3) is 2.28. The molecule has 1 aromatic carbocycles. The number of nitrogens with zero attached hydrogens (tertiary/aromatic N) is 1. The van der Waals surface area contributed by atoms with Crippen molar-refractivity contribution >= 4 is 16.6 Å². The molecular formula is C14H17N3O3. The van der Waals surface area contributed by atoms with Gasteiger partial charge in [-0.15, -0.1) is 0 Å². The molecule has 6 nitrogen and oxygen atoms in total. The van der Waals surface area contributed by atoms with Crippen LogP contribution >= 0.6 is 0 Å². The highest BCUT2D eigenvalue weighted by molar-refractivity contribution is 5.85. The van der Waals surface area contributed by atoms with E-state index in [1.807, 2.05) is 0 Å². The highest BCUT2D eigenvalue weighted by atomic mass is 16.6. The van der Waals surface area contributed by atoms with E-state index in [1.54, 1.807) is 12.3 Å². The lowest BCUT2D eigenvalue weighted by Gasteiger charge is -2.27. The molecule has 0 amide bonds. The standard InChI is InChI=1S/C14H17N3O3/c18-14(13-3-1-2-6-15-13)11-8-16-12-5-4-9(17(19)20)7-10(11)12/h4-5,7-8,13-16,18H,1-3,6H2. The van der Waals surface area contributed by atoms with Crippen LogP contribution in [0.15, 0.2) is 24.4 Å². The molecule has 0 radical (unpaired) electrons. The molecule has 3 N–H and O–H groups in total. The zero-order valence-electron chi connectivity index (χ0n) is 11.0. The average Bonchev–Trinajstić information content (AvgIpc) is 2.90. The predicted octanol–water partition coefficient (Wildman–Crippen LogP) is 2.25. The Labute approximate surface area is 116 Å². The number of aromatic amines is 1. The summed E-state index contributed by atoms with van der Waals surface area (Å²) in [5, 5.41) is 25.4. The molecule has 1 fully saturated rings. The Bertz CT molecular complexity index is 632. The van der Waals surface area contributed by atoms with Gasteiger partial charge < -0.3 is 15.4 Å². The van der Waals surface area contributed by atoms with Crippen molar-refractivity contribution in [2.45, 2.75) is 31.4 Å². The number of benzene rings is 1. The molecule has 2 aromatic rings. The maximum Gasteiger partial charge on any atom is 0.270 e. The first-order valence-electron chi connectivity index (χ1n) is 6.83. The summed E-state index contributed by atoms with van der Waals surface area (Å²) in [6.07, 6.45) is 4.24. The van der Waals surface area contributed by atoms with Crippen LogP contribution in [0.3, 0.4) is 0 Å². The molecule has 0 aliphatic carbocycles. The number of hydrogen-bond donors (Lipinski definition) is 3. The fourth-order valence-electron chi connectivity index (χ4n) is 2.85. The van der Waals surface area contributed by atoms with Gasteiger partial charge in [0.15, 0.2) is 0 Å². The Hall–Kier alpha value is -1.92. The van der Waals surface area contributed by atoms with Crippen molar-refractivity contribution in [3.05, 3.63) is 40.1 Å². The van der Waals surface area contributed by atoms with Gasteiger partial charge in [-0.25, -0.2) is 0 Å². The van der Waals surface area contributed by atoms with Gasteiger partial charge in [-0.2, -0.15) is 0 Å². The van der Waals surface area contributed by atoms with Crippen LogP contribution < -0.4 is 5.32 Å². The number of non-ortho nitro benzene ring substituents is 1. The Kier molecular flexibility index (Phi) is 3.42. The second-order valence-corrected chi connectivity index (χ2v) is 5.23. The van der Waals surface area contributed by atoms with Crippen molar-refractivity contribution in [1.29, 1.82) is 0 Å². The van der Waals surface area contributed by atoms with E-state index in [-0.39, 0.29) is 11.7 Å². The van der Waals surface area contributed by atoms with E-state index in [0.29, 0.717) is 0 Å². The monoisotopic (exact) mass is 275 g/mol. The van der Waals surface area contributed by atoms with Gasteiger partial charge in [0.1, 0.15) is 0 Å². The molecular weight excluding hydrogens is 258 g/mol. The third-order valence-corrected chi connectivity index (χ3v) is 3.96. The lowest BCUT2D eigenvalue weighted by Crippen LogP contribution is -2.38. The molecule has 0 spiro atoms. The summed E-state index contributed by atoms with van der Waals surface area (Å²) < 4.78 is 0. The maximum atomic E-state index is 10.9. The molecule has 3 rings (SSSR count). The van der Waals surface area contributed by atoms with Gasteiger partial charge >= 0.3 is 0 Å². The van der Waals surface area contributed by atoms with E-state index in [4.69, 9.17) is 0 Å². The Balaban J connectivity index is 1.97. The fraction of sp³-hybridized carbons (Fsp3) is 0.429. The van der Waals surface area contributed by atoms with E-state index in [9.17, 15) is 15.2 Å². The number of fused-ring (bicyclic) bond motifs is 1. The van der Waals surface area contributed by atoms with E-state index in [2.05, 4.69) is 10.3 Å². The number of rotatable bonds is 3. The molecule has 106 valence electrons. The van der Waals surface area contributed by atoms with Crippen LogP contribution in [-0.4, -0.2) is 27.6 Å². The van der Waals surface area contributed by atoms with Crippen molar-refractivity contribution < 1.29 is 10.0 Å². The summed E-state index contributed by atoms with van der Waals surface area (Å²) in [6, 6.07) is 4.68. The summed E-state index contributed by atoms with van der Waals surface area (Å²) in [4.78, 5) is 13.5. The summed E-state index contributed by atoms with van der Waals surface area (Å²) in [5.74, 6) is 0. The molecule has 0 saturated carbocycles. The Morgan fingerprint density at radius 2 is 2.25 bits per heavy atom. The van der Waals surface area contributed by atoms with Crippen molar-refractivity contribution in [1.82, 2.24) is 10.3 Å². The van der Waals surface area contributed by atoms with Crippen LogP contribution in [0.2, 0.25) is 0 Å². The Morgan fingerprint density at radius 1 is 1.40 bits per heavy atom. The number of aliphatic hydroxyl groups excluding tert-OH is 1. The number of nitrogens with one attached hydrogen (secondary N) is 2. The first kappa shape index (κ1) is 13.1. The van der Waals surface area contributed by atoms with Gasteiger partial charge in [0.2, 0.25) is 0 Å². The first-order chi connectivity index (χ1) is 9.66. The van der Waals surface area contributed by atoms with Gasteiger partial charge in [-0.1, -0.05) is 6.42 Å².